The number of allylic oxidation sites excluding steroid dienone is 2. The van der Waals surface area contributed by atoms with Crippen LogP contribution in [0.1, 0.15) is 187 Å². The highest BCUT2D eigenvalue weighted by molar-refractivity contribution is 4.81. The van der Waals surface area contributed by atoms with Crippen LogP contribution in [0.4, 0.5) is 0 Å². The van der Waals surface area contributed by atoms with Crippen LogP contribution in [0.15, 0.2) is 12.2 Å². The molecule has 0 aliphatic heterocycles. The first kappa shape index (κ1) is 30.7. The van der Waals surface area contributed by atoms with Gasteiger partial charge in [-0.15, -0.1) is 0 Å². The van der Waals surface area contributed by atoms with Crippen molar-refractivity contribution in [1.82, 2.24) is 0 Å². The minimum atomic E-state index is 1.31. The van der Waals surface area contributed by atoms with Gasteiger partial charge in [0.25, 0.3) is 0 Å². The lowest BCUT2D eigenvalue weighted by Gasteiger charge is -2.03. The second-order valence-corrected chi connectivity index (χ2v) is 10.2. The number of hydrogen-bond acceptors (Lipinski definition) is 0. The van der Waals surface area contributed by atoms with E-state index in [-0.39, 0.29) is 0 Å². The molecule has 0 fully saturated rings. The summed E-state index contributed by atoms with van der Waals surface area (Å²) in [6.07, 6.45) is 43.9. The maximum Gasteiger partial charge on any atom is -0.0351 e. The Bertz CT molecular complexity index is 316. The van der Waals surface area contributed by atoms with Gasteiger partial charge in [0.1, 0.15) is 0 Å². The lowest BCUT2D eigenvalue weighted by Crippen LogP contribution is -1.83. The van der Waals surface area contributed by atoms with Crippen LogP contribution in [0.2, 0.25) is 0 Å². The van der Waals surface area contributed by atoms with Gasteiger partial charge in [-0.05, 0) is 25.7 Å². The van der Waals surface area contributed by atoms with E-state index in [1.54, 1.807) is 0 Å². The predicted octanol–water partition coefficient (Wildman–Crippen LogP) is 12.1. The van der Waals surface area contributed by atoms with E-state index in [2.05, 4.69) is 26.0 Å². The minimum Gasteiger partial charge on any atom is -0.0885 e. The number of rotatable bonds is 27. The summed E-state index contributed by atoms with van der Waals surface area (Å²) in [4.78, 5) is 0. The van der Waals surface area contributed by atoms with Gasteiger partial charge in [0, 0.05) is 0 Å². The molecule has 186 valence electrons. The topological polar surface area (TPSA) is 0 Å². The summed E-state index contributed by atoms with van der Waals surface area (Å²) in [5, 5.41) is 0. The Labute approximate surface area is 199 Å². The maximum atomic E-state index is 2.45. The Hall–Kier alpha value is -0.260. The van der Waals surface area contributed by atoms with Crippen LogP contribution in [-0.4, -0.2) is 0 Å². The van der Waals surface area contributed by atoms with Gasteiger partial charge < -0.3 is 0 Å². The average Bonchev–Trinajstić information content (AvgIpc) is 2.78. The molecule has 0 aromatic heterocycles. The smallest absolute Gasteiger partial charge is 0.0351 e. The molecular formula is C31H62. The SMILES string of the molecule is CCCCCCCCCCC=CCCCCCCCCCCCCCCCCCCC. The summed E-state index contributed by atoms with van der Waals surface area (Å²) < 4.78 is 0. The Balaban J connectivity index is 3.05. The lowest BCUT2D eigenvalue weighted by atomic mass is 10.0. The van der Waals surface area contributed by atoms with E-state index in [1.165, 1.54) is 173 Å². The van der Waals surface area contributed by atoms with Crippen molar-refractivity contribution in [2.24, 2.45) is 0 Å². The van der Waals surface area contributed by atoms with Gasteiger partial charge in [0.05, 0.1) is 0 Å². The van der Waals surface area contributed by atoms with Crippen LogP contribution in [0.25, 0.3) is 0 Å². The first-order valence-electron chi connectivity index (χ1n) is 15.1. The highest BCUT2D eigenvalue weighted by atomic mass is 14.0. The van der Waals surface area contributed by atoms with Crippen molar-refractivity contribution < 1.29 is 0 Å². The third-order valence-corrected chi connectivity index (χ3v) is 6.87. The van der Waals surface area contributed by atoms with Crippen molar-refractivity contribution in [1.29, 1.82) is 0 Å². The van der Waals surface area contributed by atoms with E-state index >= 15 is 0 Å². The van der Waals surface area contributed by atoms with E-state index in [0.717, 1.165) is 0 Å². The molecule has 31 heavy (non-hydrogen) atoms. The minimum absolute atomic E-state index is 1.31. The Morgan fingerprint density at radius 1 is 0.258 bits per heavy atom. The summed E-state index contributed by atoms with van der Waals surface area (Å²) in [6.45, 7) is 4.60. The predicted molar refractivity (Wildman–Crippen MR) is 145 cm³/mol. The van der Waals surface area contributed by atoms with Gasteiger partial charge in [-0.3, -0.25) is 0 Å². The average molecular weight is 435 g/mol. The second-order valence-electron chi connectivity index (χ2n) is 10.2. The molecule has 0 unspecified atom stereocenters. The fraction of sp³-hybridized carbons (Fsp3) is 0.935. The van der Waals surface area contributed by atoms with Gasteiger partial charge in [-0.1, -0.05) is 174 Å². The molecule has 0 amide bonds. The fourth-order valence-corrected chi connectivity index (χ4v) is 4.62. The largest absolute Gasteiger partial charge is 0.0885 e. The molecule has 0 saturated heterocycles. The third-order valence-electron chi connectivity index (χ3n) is 6.87. The van der Waals surface area contributed by atoms with Crippen molar-refractivity contribution in [3.63, 3.8) is 0 Å². The van der Waals surface area contributed by atoms with Crippen molar-refractivity contribution >= 4 is 0 Å². The van der Waals surface area contributed by atoms with E-state index in [4.69, 9.17) is 0 Å². The van der Waals surface area contributed by atoms with Gasteiger partial charge in [0.15, 0.2) is 0 Å². The van der Waals surface area contributed by atoms with Gasteiger partial charge in [-0.2, -0.15) is 0 Å². The Kier molecular flexibility index (Phi) is 29.5. The highest BCUT2D eigenvalue weighted by Gasteiger charge is 1.95. The summed E-state index contributed by atoms with van der Waals surface area (Å²) in [5.74, 6) is 0. The van der Waals surface area contributed by atoms with E-state index in [1.807, 2.05) is 0 Å². The van der Waals surface area contributed by atoms with Crippen LogP contribution in [0.5, 0.6) is 0 Å². The van der Waals surface area contributed by atoms with E-state index < -0.39 is 0 Å². The van der Waals surface area contributed by atoms with Crippen LogP contribution < -0.4 is 0 Å². The van der Waals surface area contributed by atoms with Crippen molar-refractivity contribution in [3.8, 4) is 0 Å². The molecule has 0 heterocycles. The van der Waals surface area contributed by atoms with Crippen molar-refractivity contribution in [3.05, 3.63) is 12.2 Å². The third kappa shape index (κ3) is 29.7. The van der Waals surface area contributed by atoms with Gasteiger partial charge >= 0.3 is 0 Å². The molecule has 0 aromatic carbocycles. The zero-order chi connectivity index (χ0) is 22.5. The summed E-state index contributed by atoms with van der Waals surface area (Å²) in [5.41, 5.74) is 0. The Morgan fingerprint density at radius 3 is 0.677 bits per heavy atom. The van der Waals surface area contributed by atoms with Gasteiger partial charge in [-0.25, -0.2) is 0 Å². The van der Waals surface area contributed by atoms with Crippen LogP contribution >= 0.6 is 0 Å². The standard InChI is InChI=1S/C31H62/c1-3-5-7-9-11-13-15-17-19-21-23-25-27-29-31-30-28-26-24-22-20-18-16-14-12-10-8-6-4-2/h21,23H,3-20,22,24-31H2,1-2H3. The second kappa shape index (κ2) is 29.7. The van der Waals surface area contributed by atoms with E-state index in [0.29, 0.717) is 0 Å². The number of hydrogen-bond donors (Lipinski definition) is 0. The molecule has 0 radical (unpaired) electrons. The Morgan fingerprint density at radius 2 is 0.452 bits per heavy atom. The molecule has 0 N–H and O–H groups in total. The molecule has 0 aliphatic rings. The first-order chi connectivity index (χ1) is 15.4. The zero-order valence-electron chi connectivity index (χ0n) is 22.2. The molecule has 0 aliphatic carbocycles. The van der Waals surface area contributed by atoms with Crippen LogP contribution in [-0.2, 0) is 0 Å². The summed E-state index contributed by atoms with van der Waals surface area (Å²) in [7, 11) is 0. The van der Waals surface area contributed by atoms with Crippen LogP contribution in [0, 0.1) is 0 Å². The molecule has 0 atom stereocenters. The molecule has 0 aromatic rings. The molecular weight excluding hydrogens is 372 g/mol. The molecule has 0 saturated carbocycles. The van der Waals surface area contributed by atoms with E-state index in [9.17, 15) is 0 Å². The van der Waals surface area contributed by atoms with Crippen LogP contribution in [0.3, 0.4) is 0 Å². The quantitative estimate of drug-likeness (QED) is 0.0890. The highest BCUT2D eigenvalue weighted by Crippen LogP contribution is 2.14. The molecule has 0 bridgehead atoms. The monoisotopic (exact) mass is 434 g/mol. The van der Waals surface area contributed by atoms with Gasteiger partial charge in [0.2, 0.25) is 0 Å². The molecule has 0 rings (SSSR count). The molecule has 0 heteroatoms. The lowest BCUT2D eigenvalue weighted by molar-refractivity contribution is 0.527. The normalized spacial score (nSPS) is 11.7. The number of unbranched alkanes of at least 4 members (excludes halogenated alkanes) is 25. The fourth-order valence-electron chi connectivity index (χ4n) is 4.62. The van der Waals surface area contributed by atoms with Crippen molar-refractivity contribution in [2.75, 3.05) is 0 Å². The zero-order valence-corrected chi connectivity index (χ0v) is 22.2. The summed E-state index contributed by atoms with van der Waals surface area (Å²) in [6, 6.07) is 0. The molecule has 0 spiro atoms. The first-order valence-corrected chi connectivity index (χ1v) is 15.1. The maximum absolute atomic E-state index is 2.45. The van der Waals surface area contributed by atoms with Crippen molar-refractivity contribution in [2.45, 2.75) is 187 Å². The molecule has 0 nitrogen and oxygen atoms in total. The summed E-state index contributed by atoms with van der Waals surface area (Å²) >= 11 is 0.